The Hall–Kier alpha value is -0.920. The molecule has 0 atom stereocenters. The number of aliphatic hydroxyl groups is 1. The molecule has 0 bridgehead atoms. The van der Waals surface area contributed by atoms with Crippen LogP contribution in [-0.4, -0.2) is 41.4 Å². The summed E-state index contributed by atoms with van der Waals surface area (Å²) in [5.74, 6) is 0.277. The summed E-state index contributed by atoms with van der Waals surface area (Å²) in [7, 11) is -3.35. The van der Waals surface area contributed by atoms with Gasteiger partial charge in [0.15, 0.2) is 15.7 Å². The van der Waals surface area contributed by atoms with Crippen LogP contribution in [0, 0.1) is 0 Å². The van der Waals surface area contributed by atoms with Gasteiger partial charge in [0.1, 0.15) is 4.90 Å². The molecule has 19 heavy (non-hydrogen) atoms. The third-order valence-electron chi connectivity index (χ3n) is 3.82. The fraction of sp³-hybridized carbons (Fsp3) is 0.636. The van der Waals surface area contributed by atoms with E-state index in [-0.39, 0.29) is 28.4 Å². The lowest BCUT2D eigenvalue weighted by Gasteiger charge is -2.41. The minimum absolute atomic E-state index is 0.0331. The van der Waals surface area contributed by atoms with Crippen molar-refractivity contribution in [3.05, 3.63) is 11.0 Å². The van der Waals surface area contributed by atoms with Crippen molar-refractivity contribution in [2.24, 2.45) is 0 Å². The van der Waals surface area contributed by atoms with E-state index in [2.05, 4.69) is 15.3 Å². The highest BCUT2D eigenvalue weighted by molar-refractivity contribution is 7.91. The van der Waals surface area contributed by atoms with E-state index in [4.69, 9.17) is 11.6 Å². The van der Waals surface area contributed by atoms with E-state index in [0.29, 0.717) is 12.1 Å². The van der Waals surface area contributed by atoms with E-state index >= 15 is 0 Å². The molecule has 0 amide bonds. The Labute approximate surface area is 116 Å². The van der Waals surface area contributed by atoms with Crippen molar-refractivity contribution in [2.75, 3.05) is 17.7 Å². The molecule has 3 rings (SSSR count). The van der Waals surface area contributed by atoms with Crippen molar-refractivity contribution < 1.29 is 13.5 Å². The van der Waals surface area contributed by atoms with Gasteiger partial charge in [0.25, 0.3) is 0 Å². The molecule has 1 aromatic rings. The number of hydrogen-bond donors (Lipinski definition) is 2. The smallest absolute Gasteiger partial charge is 0.224 e. The van der Waals surface area contributed by atoms with E-state index < -0.39 is 15.4 Å². The first-order chi connectivity index (χ1) is 8.96. The molecule has 8 heteroatoms. The second-order valence-corrected chi connectivity index (χ2v) is 7.49. The summed E-state index contributed by atoms with van der Waals surface area (Å²) in [6.07, 6.45) is 2.95. The van der Waals surface area contributed by atoms with Crippen LogP contribution in [0.5, 0.6) is 0 Å². The zero-order chi connectivity index (χ0) is 13.7. The molecule has 0 radical (unpaired) electrons. The number of nitrogens with one attached hydrogen (secondary N) is 1. The zero-order valence-electron chi connectivity index (χ0n) is 10.2. The maximum Gasteiger partial charge on any atom is 0.224 e. The minimum atomic E-state index is -3.35. The molecule has 0 saturated heterocycles. The summed E-state index contributed by atoms with van der Waals surface area (Å²) in [6.45, 7) is -0.0521. The van der Waals surface area contributed by atoms with E-state index in [1.807, 2.05) is 0 Å². The Bertz CT molecular complexity index is 623. The molecule has 6 nitrogen and oxygen atoms in total. The maximum absolute atomic E-state index is 12.0. The average Bonchev–Trinajstić information content (AvgIpc) is 2.59. The predicted octanol–water partition coefficient (Wildman–Crippen LogP) is 0.787. The van der Waals surface area contributed by atoms with Crippen LogP contribution >= 0.6 is 11.6 Å². The second kappa shape index (κ2) is 4.29. The summed E-state index contributed by atoms with van der Waals surface area (Å²) in [5.41, 5.74) is -0.00118. The van der Waals surface area contributed by atoms with Crippen LogP contribution in [0.1, 0.15) is 25.0 Å². The van der Waals surface area contributed by atoms with Gasteiger partial charge in [-0.25, -0.2) is 13.4 Å². The summed E-state index contributed by atoms with van der Waals surface area (Å²) < 4.78 is 24.1. The molecule has 1 fully saturated rings. The Morgan fingerprint density at radius 1 is 1.37 bits per heavy atom. The number of hydrogen-bond acceptors (Lipinski definition) is 6. The Balaban J connectivity index is 2.07. The highest BCUT2D eigenvalue weighted by Crippen LogP contribution is 2.38. The van der Waals surface area contributed by atoms with Gasteiger partial charge in [0, 0.05) is 6.42 Å². The molecule has 0 unspecified atom stereocenters. The van der Waals surface area contributed by atoms with Crippen molar-refractivity contribution in [2.45, 2.75) is 36.1 Å². The molecule has 1 aliphatic carbocycles. The molecule has 2 heterocycles. The fourth-order valence-electron chi connectivity index (χ4n) is 2.56. The van der Waals surface area contributed by atoms with Crippen LogP contribution < -0.4 is 5.32 Å². The third kappa shape index (κ3) is 2.09. The minimum Gasteiger partial charge on any atom is -0.394 e. The van der Waals surface area contributed by atoms with Gasteiger partial charge in [-0.15, -0.1) is 0 Å². The van der Waals surface area contributed by atoms with E-state index in [0.717, 1.165) is 19.3 Å². The van der Waals surface area contributed by atoms with Gasteiger partial charge >= 0.3 is 0 Å². The molecule has 2 N–H and O–H groups in total. The topological polar surface area (TPSA) is 92.2 Å². The number of nitrogens with zero attached hydrogens (tertiary/aromatic N) is 2. The quantitative estimate of drug-likeness (QED) is 0.802. The lowest BCUT2D eigenvalue weighted by atomic mass is 9.77. The lowest BCUT2D eigenvalue weighted by Crippen LogP contribution is -2.48. The second-order valence-electron chi connectivity index (χ2n) is 5.10. The van der Waals surface area contributed by atoms with E-state index in [9.17, 15) is 13.5 Å². The van der Waals surface area contributed by atoms with Crippen LogP contribution in [0.2, 0.25) is 5.28 Å². The molecule has 0 aromatic carbocycles. The van der Waals surface area contributed by atoms with Gasteiger partial charge in [-0.3, -0.25) is 0 Å². The first kappa shape index (κ1) is 13.1. The first-order valence-corrected chi connectivity index (χ1v) is 8.17. The molecule has 1 saturated carbocycles. The molecule has 2 aliphatic rings. The number of aryl methyl sites for hydroxylation is 1. The molecule has 104 valence electrons. The zero-order valence-corrected chi connectivity index (χ0v) is 11.8. The highest BCUT2D eigenvalue weighted by atomic mass is 35.5. The largest absolute Gasteiger partial charge is 0.394 e. The van der Waals surface area contributed by atoms with Gasteiger partial charge in [-0.1, -0.05) is 0 Å². The molecular formula is C11H14ClN3O3S. The Morgan fingerprint density at radius 2 is 2.11 bits per heavy atom. The predicted molar refractivity (Wildman–Crippen MR) is 70.1 cm³/mol. The standard InChI is InChI=1S/C11H14ClN3O3S/c12-10-13-7-2-5-19(17,18)8(7)9(14-10)15-11(6-16)3-1-4-11/h16H,1-6H2,(H,13,14,15). The summed E-state index contributed by atoms with van der Waals surface area (Å²) >= 11 is 5.84. The van der Waals surface area contributed by atoms with Gasteiger partial charge < -0.3 is 10.4 Å². The normalized spacial score (nSPS) is 22.6. The third-order valence-corrected chi connectivity index (χ3v) is 5.79. The summed E-state index contributed by atoms with van der Waals surface area (Å²) in [4.78, 5) is 8.14. The number of anilines is 1. The summed E-state index contributed by atoms with van der Waals surface area (Å²) in [6, 6.07) is 0. The molecular weight excluding hydrogens is 290 g/mol. The number of sulfone groups is 1. The van der Waals surface area contributed by atoms with Crippen LogP contribution in [-0.2, 0) is 16.3 Å². The lowest BCUT2D eigenvalue weighted by molar-refractivity contribution is 0.143. The van der Waals surface area contributed by atoms with Crippen molar-refractivity contribution in [1.82, 2.24) is 9.97 Å². The van der Waals surface area contributed by atoms with Gasteiger partial charge in [-0.05, 0) is 30.9 Å². The number of aromatic nitrogens is 2. The Kier molecular flexibility index (Phi) is 2.95. The highest BCUT2D eigenvalue weighted by Gasteiger charge is 2.40. The monoisotopic (exact) mass is 303 g/mol. The van der Waals surface area contributed by atoms with Crippen LogP contribution in [0.3, 0.4) is 0 Å². The van der Waals surface area contributed by atoms with Gasteiger partial charge in [0.05, 0.1) is 23.6 Å². The van der Waals surface area contributed by atoms with E-state index in [1.54, 1.807) is 0 Å². The van der Waals surface area contributed by atoms with Crippen molar-refractivity contribution >= 4 is 27.3 Å². The fourth-order valence-corrected chi connectivity index (χ4v) is 4.31. The van der Waals surface area contributed by atoms with Crippen LogP contribution in [0.4, 0.5) is 5.82 Å². The number of fused-ring (bicyclic) bond motifs is 1. The molecule has 0 spiro atoms. The average molecular weight is 304 g/mol. The number of aliphatic hydroxyl groups excluding tert-OH is 1. The maximum atomic E-state index is 12.0. The molecule has 1 aromatic heterocycles. The van der Waals surface area contributed by atoms with E-state index in [1.165, 1.54) is 0 Å². The SMILES string of the molecule is O=S1(=O)CCc2nc(Cl)nc(NC3(CO)CCC3)c21. The van der Waals surface area contributed by atoms with Gasteiger partial charge in [-0.2, -0.15) is 4.98 Å². The Morgan fingerprint density at radius 3 is 2.68 bits per heavy atom. The van der Waals surface area contributed by atoms with Gasteiger partial charge in [0.2, 0.25) is 5.28 Å². The van der Waals surface area contributed by atoms with Crippen LogP contribution in [0.25, 0.3) is 0 Å². The number of halogens is 1. The number of rotatable bonds is 3. The first-order valence-electron chi connectivity index (χ1n) is 6.14. The van der Waals surface area contributed by atoms with Crippen molar-refractivity contribution in [3.8, 4) is 0 Å². The van der Waals surface area contributed by atoms with Crippen molar-refractivity contribution in [1.29, 1.82) is 0 Å². The molecule has 1 aliphatic heterocycles. The van der Waals surface area contributed by atoms with Crippen molar-refractivity contribution in [3.63, 3.8) is 0 Å². The summed E-state index contributed by atoms with van der Waals surface area (Å²) in [5, 5.41) is 12.6. The van der Waals surface area contributed by atoms with Crippen LogP contribution in [0.15, 0.2) is 4.90 Å².